The SMILES string of the molecule is Cn1c(=O)n(C(=N)SC(=N)C(F)F)c2cc(S(=O)(=O)NC3(CF)CC3)ccc21. The van der Waals surface area contributed by atoms with Gasteiger partial charge in [-0.1, -0.05) is 0 Å². The molecule has 1 fully saturated rings. The summed E-state index contributed by atoms with van der Waals surface area (Å²) in [7, 11) is -2.71. The summed E-state index contributed by atoms with van der Waals surface area (Å²) in [5.41, 5.74) is -1.59. The number of nitrogens with one attached hydrogen (secondary N) is 3. The number of hydrogen-bond acceptors (Lipinski definition) is 6. The number of halogens is 3. The van der Waals surface area contributed by atoms with E-state index in [1.54, 1.807) is 0 Å². The Bertz CT molecular complexity index is 1140. The third-order valence-corrected chi connectivity index (χ3v) is 6.76. The van der Waals surface area contributed by atoms with Crippen LogP contribution in [0.25, 0.3) is 11.0 Å². The maximum atomic E-state index is 13.1. The molecule has 1 aromatic heterocycles. The van der Waals surface area contributed by atoms with Crippen molar-refractivity contribution in [1.29, 1.82) is 10.8 Å². The summed E-state index contributed by atoms with van der Waals surface area (Å²) < 4.78 is 67.5. The van der Waals surface area contributed by atoms with Crippen molar-refractivity contribution in [3.05, 3.63) is 28.7 Å². The molecule has 0 aliphatic heterocycles. The van der Waals surface area contributed by atoms with E-state index in [0.717, 1.165) is 15.2 Å². The van der Waals surface area contributed by atoms with Gasteiger partial charge >= 0.3 is 5.69 Å². The van der Waals surface area contributed by atoms with Gasteiger partial charge in [-0.3, -0.25) is 15.4 Å². The van der Waals surface area contributed by atoms with E-state index in [0.29, 0.717) is 12.8 Å². The van der Waals surface area contributed by atoms with Gasteiger partial charge in [0.05, 0.1) is 21.5 Å². The van der Waals surface area contributed by atoms with Gasteiger partial charge in [0, 0.05) is 7.05 Å². The minimum absolute atomic E-state index is 0.0000340. The molecule has 1 heterocycles. The molecule has 1 aromatic carbocycles. The molecule has 1 saturated carbocycles. The fourth-order valence-corrected chi connectivity index (χ4v) is 4.66. The molecule has 152 valence electrons. The maximum absolute atomic E-state index is 13.1. The van der Waals surface area contributed by atoms with Crippen molar-refractivity contribution in [2.24, 2.45) is 7.05 Å². The number of fused-ring (bicyclic) bond motifs is 1. The Morgan fingerprint density at radius 3 is 2.50 bits per heavy atom. The minimum Gasteiger partial charge on any atom is -0.295 e. The monoisotopic (exact) mass is 435 g/mol. The second-order valence-electron chi connectivity index (χ2n) is 6.42. The molecule has 8 nitrogen and oxygen atoms in total. The van der Waals surface area contributed by atoms with Crippen molar-refractivity contribution in [3.63, 3.8) is 0 Å². The molecule has 3 rings (SSSR count). The van der Waals surface area contributed by atoms with Crippen LogP contribution in [0.4, 0.5) is 13.2 Å². The Labute approximate surface area is 161 Å². The first-order chi connectivity index (χ1) is 13.0. The molecular formula is C15H16F3N5O3S2. The van der Waals surface area contributed by atoms with Crippen molar-refractivity contribution in [2.75, 3.05) is 6.67 Å². The predicted octanol–water partition coefficient (Wildman–Crippen LogP) is 1.88. The summed E-state index contributed by atoms with van der Waals surface area (Å²) in [6, 6.07) is 3.70. The Kier molecular flexibility index (Phi) is 5.18. The third kappa shape index (κ3) is 3.61. The predicted molar refractivity (Wildman–Crippen MR) is 99.9 cm³/mol. The Morgan fingerprint density at radius 1 is 1.32 bits per heavy atom. The Morgan fingerprint density at radius 2 is 1.96 bits per heavy atom. The van der Waals surface area contributed by atoms with Crippen LogP contribution in [-0.4, -0.2) is 46.4 Å². The fraction of sp³-hybridized carbons (Fsp3) is 0.400. The van der Waals surface area contributed by atoms with Crippen LogP contribution in [0, 0.1) is 10.8 Å². The summed E-state index contributed by atoms with van der Waals surface area (Å²) >= 11 is 0.0917. The lowest BCUT2D eigenvalue weighted by Crippen LogP contribution is -2.38. The highest BCUT2D eigenvalue weighted by Gasteiger charge is 2.46. The van der Waals surface area contributed by atoms with Crippen LogP contribution >= 0.6 is 11.8 Å². The lowest BCUT2D eigenvalue weighted by Gasteiger charge is -2.14. The Balaban J connectivity index is 2.07. The van der Waals surface area contributed by atoms with E-state index in [4.69, 9.17) is 10.8 Å². The van der Waals surface area contributed by atoms with E-state index in [2.05, 4.69) is 4.72 Å². The van der Waals surface area contributed by atoms with E-state index in [-0.39, 0.29) is 27.7 Å². The minimum atomic E-state index is -4.10. The second-order valence-corrected chi connectivity index (χ2v) is 9.13. The average Bonchev–Trinajstić information content (AvgIpc) is 3.34. The first kappa shape index (κ1) is 20.6. The number of sulfonamides is 1. The molecule has 0 amide bonds. The molecule has 0 bridgehead atoms. The van der Waals surface area contributed by atoms with Gasteiger partial charge in [-0.25, -0.2) is 35.7 Å². The van der Waals surface area contributed by atoms with E-state index >= 15 is 0 Å². The molecule has 28 heavy (non-hydrogen) atoms. The molecule has 1 aliphatic rings. The lowest BCUT2D eigenvalue weighted by atomic mass is 10.3. The van der Waals surface area contributed by atoms with Crippen LogP contribution in [0.15, 0.2) is 27.9 Å². The molecule has 0 unspecified atom stereocenters. The normalized spacial score (nSPS) is 15.9. The van der Waals surface area contributed by atoms with Crippen LogP contribution in [-0.2, 0) is 17.1 Å². The van der Waals surface area contributed by atoms with Crippen LogP contribution in [0.3, 0.4) is 0 Å². The van der Waals surface area contributed by atoms with Crippen molar-refractivity contribution in [1.82, 2.24) is 13.9 Å². The van der Waals surface area contributed by atoms with Gasteiger partial charge in [0.25, 0.3) is 6.43 Å². The molecular weight excluding hydrogens is 419 g/mol. The first-order valence-electron chi connectivity index (χ1n) is 7.96. The van der Waals surface area contributed by atoms with Gasteiger partial charge in [-0.15, -0.1) is 0 Å². The quantitative estimate of drug-likeness (QED) is 0.490. The zero-order valence-electron chi connectivity index (χ0n) is 14.5. The number of imidazole rings is 1. The van der Waals surface area contributed by atoms with Gasteiger partial charge < -0.3 is 0 Å². The highest BCUT2D eigenvalue weighted by molar-refractivity contribution is 8.26. The molecule has 0 radical (unpaired) electrons. The van der Waals surface area contributed by atoms with Gasteiger partial charge in [0.15, 0.2) is 5.17 Å². The van der Waals surface area contributed by atoms with E-state index in [9.17, 15) is 26.4 Å². The zero-order valence-corrected chi connectivity index (χ0v) is 16.1. The van der Waals surface area contributed by atoms with Gasteiger partial charge in [-0.2, -0.15) is 0 Å². The largest absolute Gasteiger partial charge is 0.335 e. The summed E-state index contributed by atoms with van der Waals surface area (Å²) in [6.07, 6.45) is -2.36. The van der Waals surface area contributed by atoms with Crippen molar-refractivity contribution in [3.8, 4) is 0 Å². The van der Waals surface area contributed by atoms with Crippen LogP contribution in [0.2, 0.25) is 0 Å². The number of hydrogen-bond donors (Lipinski definition) is 3. The second kappa shape index (κ2) is 7.04. The zero-order chi connectivity index (χ0) is 20.9. The number of rotatable bonds is 5. The number of alkyl halides is 3. The van der Waals surface area contributed by atoms with Crippen LogP contribution < -0.4 is 10.4 Å². The number of aryl methyl sites for hydroxylation is 1. The third-order valence-electron chi connectivity index (χ3n) is 4.41. The lowest BCUT2D eigenvalue weighted by molar-refractivity contribution is 0.228. The number of nitrogens with zero attached hydrogens (tertiary/aromatic N) is 2. The van der Waals surface area contributed by atoms with Gasteiger partial charge in [-0.05, 0) is 42.8 Å². The molecule has 1 aliphatic carbocycles. The van der Waals surface area contributed by atoms with Crippen molar-refractivity contribution < 1.29 is 21.6 Å². The summed E-state index contributed by atoms with van der Waals surface area (Å²) in [5.74, 6) is 0. The number of aromatic nitrogens is 2. The van der Waals surface area contributed by atoms with Crippen LogP contribution in [0.5, 0.6) is 0 Å². The molecule has 0 saturated heterocycles. The molecule has 0 atom stereocenters. The first-order valence-corrected chi connectivity index (χ1v) is 10.3. The van der Waals surface area contributed by atoms with Crippen LogP contribution in [0.1, 0.15) is 12.8 Å². The average molecular weight is 435 g/mol. The van der Waals surface area contributed by atoms with E-state index in [1.807, 2.05) is 0 Å². The fourth-order valence-electron chi connectivity index (χ4n) is 2.64. The highest BCUT2D eigenvalue weighted by Crippen LogP contribution is 2.37. The van der Waals surface area contributed by atoms with Gasteiger partial charge in [0.1, 0.15) is 11.7 Å². The molecule has 3 N–H and O–H groups in total. The van der Waals surface area contributed by atoms with E-state index < -0.39 is 44.6 Å². The number of thioether (sulfide) groups is 1. The summed E-state index contributed by atoms with van der Waals surface area (Å²) in [4.78, 5) is 12.2. The molecule has 2 aromatic rings. The summed E-state index contributed by atoms with van der Waals surface area (Å²) in [6.45, 7) is -0.846. The smallest absolute Gasteiger partial charge is 0.295 e. The van der Waals surface area contributed by atoms with Gasteiger partial charge in [0.2, 0.25) is 10.0 Å². The number of benzene rings is 1. The van der Waals surface area contributed by atoms with E-state index in [1.165, 1.54) is 19.2 Å². The standard InChI is InChI=1S/C15H16F3N5O3S2/c1-22-9-3-2-8(28(25,26)21-15(7-16)4-5-15)6-10(9)23(14(22)24)13(20)27-12(19)11(17)18/h2-3,6,11,19-21H,4-5,7H2,1H3. The topological polar surface area (TPSA) is 121 Å². The molecule has 13 heteroatoms. The maximum Gasteiger partial charge on any atom is 0.335 e. The highest BCUT2D eigenvalue weighted by atomic mass is 32.2. The Hall–Kier alpha value is -2.12. The molecule has 0 spiro atoms. The van der Waals surface area contributed by atoms with Crippen molar-refractivity contribution >= 4 is 43.0 Å². The van der Waals surface area contributed by atoms with Crippen molar-refractivity contribution in [2.45, 2.75) is 29.7 Å². The summed E-state index contributed by atoms with van der Waals surface area (Å²) in [5, 5.41) is 13.3.